The lowest BCUT2D eigenvalue weighted by Crippen LogP contribution is -2.46. The lowest BCUT2D eigenvalue weighted by Gasteiger charge is -2.42. The number of rotatable bonds is 4. The first kappa shape index (κ1) is 16.3. The van der Waals surface area contributed by atoms with E-state index in [0.29, 0.717) is 13.2 Å². The van der Waals surface area contributed by atoms with Gasteiger partial charge in [0, 0.05) is 6.61 Å². The second-order valence-corrected chi connectivity index (χ2v) is 5.69. The lowest BCUT2D eigenvalue weighted by atomic mass is 9.82. The molecule has 1 aromatic carbocycles. The predicted octanol–water partition coefficient (Wildman–Crippen LogP) is 4.32. The number of ether oxygens (including phenoxy) is 1. The van der Waals surface area contributed by atoms with E-state index in [0.717, 1.165) is 25.3 Å². The number of hydrogen-bond donors (Lipinski definition) is 1. The van der Waals surface area contributed by atoms with Gasteiger partial charge in [-0.3, -0.25) is 0 Å². The lowest BCUT2D eigenvalue weighted by molar-refractivity contribution is -0.140. The van der Waals surface area contributed by atoms with Crippen molar-refractivity contribution >= 4 is 0 Å². The molecule has 0 saturated carbocycles. The summed E-state index contributed by atoms with van der Waals surface area (Å²) in [6.07, 6.45) is -1.64. The predicted molar refractivity (Wildman–Crippen MR) is 76.1 cm³/mol. The van der Waals surface area contributed by atoms with Crippen LogP contribution in [0.1, 0.15) is 50.3 Å². The molecule has 0 radical (unpaired) electrons. The quantitative estimate of drug-likeness (QED) is 0.894. The highest BCUT2D eigenvalue weighted by molar-refractivity contribution is 5.34. The zero-order chi connectivity index (χ0) is 15.5. The fraction of sp³-hybridized carbons (Fsp3) is 0.625. The highest BCUT2D eigenvalue weighted by Gasteiger charge is 2.42. The first-order valence-corrected chi connectivity index (χ1v) is 7.42. The molecule has 2 rings (SSSR count). The normalized spacial score (nSPS) is 24.8. The van der Waals surface area contributed by atoms with Gasteiger partial charge in [0.05, 0.1) is 17.2 Å². The average molecular weight is 301 g/mol. The molecule has 1 aromatic rings. The Morgan fingerprint density at radius 3 is 2.57 bits per heavy atom. The first-order chi connectivity index (χ1) is 9.88. The van der Waals surface area contributed by atoms with Gasteiger partial charge in [-0.25, -0.2) is 0 Å². The number of halogens is 3. The maximum atomic E-state index is 13.3. The Morgan fingerprint density at radius 1 is 1.29 bits per heavy atom. The SMILES string of the molecule is CCNC(c1ccccc1C(F)(F)F)C1(C)CCCCO1. The van der Waals surface area contributed by atoms with E-state index in [1.54, 1.807) is 12.1 Å². The van der Waals surface area contributed by atoms with Crippen molar-refractivity contribution < 1.29 is 17.9 Å². The Balaban J connectivity index is 2.43. The Labute approximate surface area is 123 Å². The van der Waals surface area contributed by atoms with Gasteiger partial charge in [-0.15, -0.1) is 0 Å². The number of hydrogen-bond acceptors (Lipinski definition) is 2. The molecule has 118 valence electrons. The van der Waals surface area contributed by atoms with Gasteiger partial charge in [0.25, 0.3) is 0 Å². The number of benzene rings is 1. The third kappa shape index (κ3) is 3.58. The van der Waals surface area contributed by atoms with Gasteiger partial charge in [-0.2, -0.15) is 13.2 Å². The summed E-state index contributed by atoms with van der Waals surface area (Å²) in [5.41, 5.74) is -0.905. The van der Waals surface area contributed by atoms with Gasteiger partial charge in [0.2, 0.25) is 0 Å². The number of alkyl halides is 3. The highest BCUT2D eigenvalue weighted by atomic mass is 19.4. The molecule has 1 aliphatic heterocycles. The molecule has 2 atom stereocenters. The Hall–Kier alpha value is -1.07. The maximum Gasteiger partial charge on any atom is 0.416 e. The minimum Gasteiger partial charge on any atom is -0.373 e. The molecular weight excluding hydrogens is 279 g/mol. The van der Waals surface area contributed by atoms with E-state index >= 15 is 0 Å². The third-order valence-corrected chi connectivity index (χ3v) is 4.10. The van der Waals surface area contributed by atoms with Crippen LogP contribution in [0.5, 0.6) is 0 Å². The van der Waals surface area contributed by atoms with E-state index < -0.39 is 23.4 Å². The average Bonchev–Trinajstić information content (AvgIpc) is 2.44. The second kappa shape index (κ2) is 6.36. The van der Waals surface area contributed by atoms with Crippen LogP contribution in [0.25, 0.3) is 0 Å². The van der Waals surface area contributed by atoms with Crippen LogP contribution in [0, 0.1) is 0 Å². The van der Waals surface area contributed by atoms with Gasteiger partial charge >= 0.3 is 6.18 Å². The van der Waals surface area contributed by atoms with Crippen molar-refractivity contribution in [3.8, 4) is 0 Å². The van der Waals surface area contributed by atoms with Crippen molar-refractivity contribution in [1.29, 1.82) is 0 Å². The van der Waals surface area contributed by atoms with Gasteiger partial charge in [-0.05, 0) is 44.4 Å². The van der Waals surface area contributed by atoms with Gasteiger partial charge in [0.15, 0.2) is 0 Å². The molecule has 1 aliphatic rings. The van der Waals surface area contributed by atoms with E-state index in [1.165, 1.54) is 6.07 Å². The van der Waals surface area contributed by atoms with Gasteiger partial charge < -0.3 is 10.1 Å². The van der Waals surface area contributed by atoms with Crippen LogP contribution in [-0.2, 0) is 10.9 Å². The van der Waals surface area contributed by atoms with Crippen LogP contribution in [0.3, 0.4) is 0 Å². The standard InChI is InChI=1S/C16H22F3NO/c1-3-20-14(15(2)10-6-7-11-21-15)12-8-4-5-9-13(12)16(17,18)19/h4-5,8-9,14,20H,3,6-7,10-11H2,1-2H3. The fourth-order valence-electron chi connectivity index (χ4n) is 3.05. The molecule has 0 bridgehead atoms. The van der Waals surface area contributed by atoms with Crippen LogP contribution < -0.4 is 5.32 Å². The van der Waals surface area contributed by atoms with Crippen molar-refractivity contribution in [3.05, 3.63) is 35.4 Å². The molecule has 0 aliphatic carbocycles. The summed E-state index contributed by atoms with van der Waals surface area (Å²) in [6, 6.07) is 5.33. The summed E-state index contributed by atoms with van der Waals surface area (Å²) in [4.78, 5) is 0. The molecule has 21 heavy (non-hydrogen) atoms. The van der Waals surface area contributed by atoms with Gasteiger partial charge in [0.1, 0.15) is 0 Å². The van der Waals surface area contributed by atoms with Crippen LogP contribution >= 0.6 is 0 Å². The molecule has 5 heteroatoms. The molecule has 1 heterocycles. The second-order valence-electron chi connectivity index (χ2n) is 5.69. The Kier molecular flexibility index (Phi) is 4.94. The summed E-state index contributed by atoms with van der Waals surface area (Å²) < 4.78 is 45.7. The molecule has 1 N–H and O–H groups in total. The van der Waals surface area contributed by atoms with Crippen molar-refractivity contribution in [1.82, 2.24) is 5.32 Å². The van der Waals surface area contributed by atoms with E-state index in [2.05, 4.69) is 5.32 Å². The number of nitrogens with one attached hydrogen (secondary N) is 1. The van der Waals surface area contributed by atoms with Crippen molar-refractivity contribution in [2.45, 2.75) is 50.9 Å². The molecule has 0 amide bonds. The molecule has 2 unspecified atom stereocenters. The summed E-state index contributed by atoms with van der Waals surface area (Å²) in [5, 5.41) is 3.20. The largest absolute Gasteiger partial charge is 0.416 e. The minimum atomic E-state index is -4.35. The molecule has 0 aromatic heterocycles. The van der Waals surface area contributed by atoms with Crippen LogP contribution in [0.4, 0.5) is 13.2 Å². The summed E-state index contributed by atoms with van der Waals surface area (Å²) >= 11 is 0. The smallest absolute Gasteiger partial charge is 0.373 e. The molecule has 2 nitrogen and oxygen atoms in total. The van der Waals surface area contributed by atoms with Crippen LogP contribution in [0.2, 0.25) is 0 Å². The van der Waals surface area contributed by atoms with Gasteiger partial charge in [-0.1, -0.05) is 25.1 Å². The molecular formula is C16H22F3NO. The van der Waals surface area contributed by atoms with Crippen LogP contribution in [0.15, 0.2) is 24.3 Å². The van der Waals surface area contributed by atoms with Crippen molar-refractivity contribution in [2.75, 3.05) is 13.2 Å². The monoisotopic (exact) mass is 301 g/mol. The summed E-state index contributed by atoms with van der Waals surface area (Å²) in [6.45, 7) is 5.00. The Bertz CT molecular complexity index is 467. The molecule has 0 spiro atoms. The van der Waals surface area contributed by atoms with E-state index in [1.807, 2.05) is 13.8 Å². The minimum absolute atomic E-state index is 0.274. The van der Waals surface area contributed by atoms with Crippen LogP contribution in [-0.4, -0.2) is 18.8 Å². The zero-order valence-corrected chi connectivity index (χ0v) is 12.5. The topological polar surface area (TPSA) is 21.3 Å². The van der Waals surface area contributed by atoms with Crippen molar-refractivity contribution in [3.63, 3.8) is 0 Å². The first-order valence-electron chi connectivity index (χ1n) is 7.42. The molecule has 1 saturated heterocycles. The Morgan fingerprint density at radius 2 is 2.00 bits per heavy atom. The van der Waals surface area contributed by atoms with E-state index in [-0.39, 0.29) is 5.56 Å². The van der Waals surface area contributed by atoms with E-state index in [9.17, 15) is 13.2 Å². The van der Waals surface area contributed by atoms with E-state index in [4.69, 9.17) is 4.74 Å². The zero-order valence-electron chi connectivity index (χ0n) is 12.5. The molecule has 1 fully saturated rings. The summed E-state index contributed by atoms with van der Waals surface area (Å²) in [5.74, 6) is 0. The fourth-order valence-corrected chi connectivity index (χ4v) is 3.05. The maximum absolute atomic E-state index is 13.3. The number of likely N-dealkylation sites (N-methyl/N-ethyl adjacent to an activating group) is 1. The third-order valence-electron chi connectivity index (χ3n) is 4.10. The highest BCUT2D eigenvalue weighted by Crippen LogP contribution is 2.41. The van der Waals surface area contributed by atoms with Crippen molar-refractivity contribution in [2.24, 2.45) is 0 Å². The summed E-state index contributed by atoms with van der Waals surface area (Å²) in [7, 11) is 0.